The molecule has 2 aromatic carbocycles. The minimum absolute atomic E-state index is 0.731. The van der Waals surface area contributed by atoms with E-state index in [1.165, 1.54) is 11.1 Å². The minimum atomic E-state index is 0.731. The zero-order chi connectivity index (χ0) is 17.3. The molecular formula is C20H22N2O2S. The van der Waals surface area contributed by atoms with Crippen LogP contribution in [-0.2, 0) is 18.1 Å². The largest absolute Gasteiger partial charge is 0.496 e. The van der Waals surface area contributed by atoms with E-state index in [-0.39, 0.29) is 0 Å². The van der Waals surface area contributed by atoms with E-state index in [1.807, 2.05) is 60.3 Å². The first kappa shape index (κ1) is 17.5. The molecule has 0 unspecified atom stereocenters. The van der Waals surface area contributed by atoms with Crippen LogP contribution in [0.25, 0.3) is 0 Å². The second-order valence-electron chi connectivity index (χ2n) is 5.56. The van der Waals surface area contributed by atoms with Gasteiger partial charge < -0.3 is 14.6 Å². The molecule has 1 heterocycles. The van der Waals surface area contributed by atoms with E-state index in [4.69, 9.17) is 9.15 Å². The minimum Gasteiger partial charge on any atom is -0.496 e. The van der Waals surface area contributed by atoms with Crippen LogP contribution in [-0.4, -0.2) is 7.11 Å². The first-order valence-electron chi connectivity index (χ1n) is 8.15. The fourth-order valence-corrected chi connectivity index (χ4v) is 3.39. The molecule has 0 spiro atoms. The highest BCUT2D eigenvalue weighted by molar-refractivity contribution is 7.97. The fraction of sp³-hybridized carbons (Fsp3) is 0.200. The number of benzene rings is 2. The van der Waals surface area contributed by atoms with Gasteiger partial charge in [-0.1, -0.05) is 24.3 Å². The molecule has 0 aliphatic carbocycles. The van der Waals surface area contributed by atoms with Crippen molar-refractivity contribution in [2.75, 3.05) is 12.5 Å². The number of hydrogen-bond acceptors (Lipinski definition) is 5. The molecular weight excluding hydrogens is 332 g/mol. The van der Waals surface area contributed by atoms with E-state index >= 15 is 0 Å². The van der Waals surface area contributed by atoms with E-state index in [2.05, 4.69) is 23.0 Å². The number of ether oxygens (including phenoxy) is 1. The van der Waals surface area contributed by atoms with Crippen molar-refractivity contribution in [2.24, 2.45) is 0 Å². The first-order chi connectivity index (χ1) is 12.3. The maximum absolute atomic E-state index is 5.49. The monoisotopic (exact) mass is 354 g/mol. The third-order valence-electron chi connectivity index (χ3n) is 3.73. The van der Waals surface area contributed by atoms with Crippen LogP contribution in [0.1, 0.15) is 16.9 Å². The van der Waals surface area contributed by atoms with Crippen molar-refractivity contribution in [3.05, 3.63) is 83.8 Å². The summed E-state index contributed by atoms with van der Waals surface area (Å²) in [6.07, 6.45) is 1.71. The van der Waals surface area contributed by atoms with Crippen molar-refractivity contribution in [1.82, 2.24) is 5.43 Å². The van der Waals surface area contributed by atoms with Gasteiger partial charge in [-0.15, -0.1) is 11.8 Å². The Morgan fingerprint density at radius 2 is 1.88 bits per heavy atom. The molecule has 25 heavy (non-hydrogen) atoms. The van der Waals surface area contributed by atoms with Gasteiger partial charge in [0, 0.05) is 23.5 Å². The zero-order valence-corrected chi connectivity index (χ0v) is 15.0. The third-order valence-corrected chi connectivity index (χ3v) is 4.73. The summed E-state index contributed by atoms with van der Waals surface area (Å²) < 4.78 is 10.9. The highest BCUT2D eigenvalue weighted by Crippen LogP contribution is 2.26. The Kier molecular flexibility index (Phi) is 6.42. The highest BCUT2D eigenvalue weighted by atomic mass is 32.2. The molecule has 0 radical (unpaired) electrons. The number of anilines is 1. The average molecular weight is 354 g/mol. The summed E-state index contributed by atoms with van der Waals surface area (Å²) >= 11 is 1.81. The normalized spacial score (nSPS) is 10.6. The molecule has 0 fully saturated rings. The van der Waals surface area contributed by atoms with Crippen LogP contribution in [0.4, 0.5) is 5.69 Å². The van der Waals surface area contributed by atoms with E-state index < -0.39 is 0 Å². The quantitative estimate of drug-likeness (QED) is 0.539. The van der Waals surface area contributed by atoms with Gasteiger partial charge in [0.1, 0.15) is 11.5 Å². The first-order valence-corrected chi connectivity index (χ1v) is 9.30. The zero-order valence-electron chi connectivity index (χ0n) is 14.2. The summed E-state index contributed by atoms with van der Waals surface area (Å²) in [7, 11) is 1.71. The Morgan fingerprint density at radius 1 is 1.00 bits per heavy atom. The predicted octanol–water partition coefficient (Wildman–Crippen LogP) is 4.84. The van der Waals surface area contributed by atoms with Gasteiger partial charge in [-0.3, -0.25) is 0 Å². The maximum atomic E-state index is 5.49. The smallest absolute Gasteiger partial charge is 0.122 e. The molecule has 0 aliphatic heterocycles. The molecule has 3 rings (SSSR count). The van der Waals surface area contributed by atoms with Crippen LogP contribution in [0.5, 0.6) is 5.75 Å². The molecule has 0 amide bonds. The van der Waals surface area contributed by atoms with Crippen molar-refractivity contribution < 1.29 is 9.15 Å². The van der Waals surface area contributed by atoms with Crippen LogP contribution in [0.15, 0.2) is 71.3 Å². The summed E-state index contributed by atoms with van der Waals surface area (Å²) in [5.74, 6) is 3.65. The topological polar surface area (TPSA) is 46.4 Å². The standard InChI is InChI=1S/C20H22N2O2S/c1-23-20-10-9-16(13-21-22-18-6-3-2-4-7-18)12-17(20)14-25-15-19-8-5-11-24-19/h2-12,21-22H,13-15H2,1H3. The van der Waals surface area contributed by atoms with Crippen molar-refractivity contribution in [3.63, 3.8) is 0 Å². The van der Waals surface area contributed by atoms with Gasteiger partial charge >= 0.3 is 0 Å². The molecule has 5 heteroatoms. The second-order valence-corrected chi connectivity index (χ2v) is 6.55. The van der Waals surface area contributed by atoms with Gasteiger partial charge in [0.15, 0.2) is 0 Å². The second kappa shape index (κ2) is 9.20. The highest BCUT2D eigenvalue weighted by Gasteiger charge is 2.06. The van der Waals surface area contributed by atoms with E-state index in [0.717, 1.165) is 35.2 Å². The van der Waals surface area contributed by atoms with Gasteiger partial charge in [-0.25, -0.2) is 5.43 Å². The Morgan fingerprint density at radius 3 is 2.64 bits per heavy atom. The molecule has 2 N–H and O–H groups in total. The molecule has 0 saturated carbocycles. The van der Waals surface area contributed by atoms with Crippen LogP contribution in [0.3, 0.4) is 0 Å². The number of methoxy groups -OCH3 is 1. The van der Waals surface area contributed by atoms with Gasteiger partial charge in [-0.05, 0) is 42.0 Å². The number of para-hydroxylation sites is 1. The predicted molar refractivity (Wildman–Crippen MR) is 104 cm³/mol. The summed E-state index contributed by atoms with van der Waals surface area (Å²) in [6, 6.07) is 20.3. The number of furan rings is 1. The number of rotatable bonds is 9. The van der Waals surface area contributed by atoms with E-state index in [1.54, 1.807) is 13.4 Å². The number of nitrogens with one attached hydrogen (secondary N) is 2. The molecule has 0 bridgehead atoms. The third kappa shape index (κ3) is 5.31. The average Bonchev–Trinajstić information content (AvgIpc) is 3.16. The van der Waals surface area contributed by atoms with Gasteiger partial charge in [0.25, 0.3) is 0 Å². The van der Waals surface area contributed by atoms with Crippen LogP contribution in [0.2, 0.25) is 0 Å². The summed E-state index contributed by atoms with van der Waals surface area (Å²) in [4.78, 5) is 0. The van der Waals surface area contributed by atoms with Crippen molar-refractivity contribution >= 4 is 17.4 Å². The fourth-order valence-electron chi connectivity index (χ4n) is 2.48. The lowest BCUT2D eigenvalue weighted by Gasteiger charge is -2.12. The SMILES string of the molecule is COc1ccc(CNNc2ccccc2)cc1CSCc1ccco1. The molecule has 130 valence electrons. The van der Waals surface area contributed by atoms with E-state index in [9.17, 15) is 0 Å². The molecule has 0 saturated heterocycles. The number of hydrogen-bond donors (Lipinski definition) is 2. The van der Waals surface area contributed by atoms with Gasteiger partial charge in [0.2, 0.25) is 0 Å². The summed E-state index contributed by atoms with van der Waals surface area (Å²) in [6.45, 7) is 0.731. The van der Waals surface area contributed by atoms with Crippen molar-refractivity contribution in [2.45, 2.75) is 18.1 Å². The van der Waals surface area contributed by atoms with Gasteiger partial charge in [-0.2, -0.15) is 0 Å². The Labute approximate surface area is 152 Å². The molecule has 0 atom stereocenters. The number of thioether (sulfide) groups is 1. The lowest BCUT2D eigenvalue weighted by atomic mass is 10.1. The molecule has 3 aromatic rings. The van der Waals surface area contributed by atoms with Crippen LogP contribution >= 0.6 is 11.8 Å². The lowest BCUT2D eigenvalue weighted by molar-refractivity contribution is 0.411. The Balaban J connectivity index is 1.55. The molecule has 0 aliphatic rings. The summed E-state index contributed by atoms with van der Waals surface area (Å²) in [5, 5.41) is 0. The number of hydrazine groups is 1. The van der Waals surface area contributed by atoms with Gasteiger partial charge in [0.05, 0.1) is 19.1 Å². The van der Waals surface area contributed by atoms with E-state index in [0.29, 0.717) is 0 Å². The lowest BCUT2D eigenvalue weighted by Crippen LogP contribution is -2.20. The molecule has 4 nitrogen and oxygen atoms in total. The summed E-state index contributed by atoms with van der Waals surface area (Å²) in [5.41, 5.74) is 9.90. The Hall–Kier alpha value is -2.37. The Bertz CT molecular complexity index is 761. The van der Waals surface area contributed by atoms with Crippen molar-refractivity contribution in [1.29, 1.82) is 0 Å². The van der Waals surface area contributed by atoms with Crippen LogP contribution < -0.4 is 15.6 Å². The molecule has 1 aromatic heterocycles. The van der Waals surface area contributed by atoms with Crippen molar-refractivity contribution in [3.8, 4) is 5.75 Å². The maximum Gasteiger partial charge on any atom is 0.122 e. The van der Waals surface area contributed by atoms with Crippen LogP contribution in [0, 0.1) is 0 Å².